The molecular weight excluding hydrogens is 743 g/mol. The molecule has 0 bridgehead atoms. The van der Waals surface area contributed by atoms with Crippen LogP contribution in [0.3, 0.4) is 0 Å². The van der Waals surface area contributed by atoms with Gasteiger partial charge >= 0.3 is 11.9 Å². The number of aliphatic hydroxyl groups is 1. The summed E-state index contributed by atoms with van der Waals surface area (Å²) in [5.41, 5.74) is 1.38. The highest BCUT2D eigenvalue weighted by atomic mass is 16.8. The summed E-state index contributed by atoms with van der Waals surface area (Å²) < 4.78 is 25.2. The lowest BCUT2D eigenvalue weighted by Crippen LogP contribution is -2.53. The van der Waals surface area contributed by atoms with E-state index in [1.165, 1.54) is 15.9 Å². The van der Waals surface area contributed by atoms with Crippen LogP contribution in [0.4, 0.5) is 0 Å². The molecule has 2 aromatic rings. The Morgan fingerprint density at radius 2 is 1.66 bits per heavy atom. The molecule has 0 unspecified atom stereocenters. The fourth-order valence-corrected chi connectivity index (χ4v) is 7.65. The van der Waals surface area contributed by atoms with E-state index in [0.29, 0.717) is 11.1 Å². The summed E-state index contributed by atoms with van der Waals surface area (Å²) in [5, 5.41) is 13.0. The molecule has 6 rings (SSSR count). The van der Waals surface area contributed by atoms with Gasteiger partial charge in [-0.05, 0) is 88.3 Å². The molecule has 0 aromatic heterocycles. The van der Waals surface area contributed by atoms with E-state index in [1.807, 2.05) is 30.3 Å². The average Bonchev–Trinajstić information content (AvgIpc) is 4.14. The van der Waals surface area contributed by atoms with Gasteiger partial charge in [0.2, 0.25) is 17.7 Å². The number of benzene rings is 2. The first kappa shape index (κ1) is 42.7. The van der Waals surface area contributed by atoms with Crippen LogP contribution in [0.5, 0.6) is 0 Å². The highest BCUT2D eigenvalue weighted by Crippen LogP contribution is 2.59. The number of ether oxygens (including phenoxy) is 4. The second-order valence-electron chi connectivity index (χ2n) is 17.1. The van der Waals surface area contributed by atoms with Crippen LogP contribution in [-0.4, -0.2) is 114 Å². The van der Waals surface area contributed by atoms with Crippen molar-refractivity contribution in [1.29, 1.82) is 0 Å². The van der Waals surface area contributed by atoms with Crippen molar-refractivity contribution in [2.45, 2.75) is 114 Å². The molecule has 13 heteroatoms. The molecule has 3 aliphatic carbocycles. The third-order valence-corrected chi connectivity index (χ3v) is 11.0. The maximum Gasteiger partial charge on any atom is 0.338 e. The van der Waals surface area contributed by atoms with Crippen molar-refractivity contribution in [1.82, 2.24) is 15.1 Å². The van der Waals surface area contributed by atoms with Crippen LogP contribution < -0.4 is 5.32 Å². The molecule has 1 saturated heterocycles. The lowest BCUT2D eigenvalue weighted by molar-refractivity contribution is -0.209. The van der Waals surface area contributed by atoms with Gasteiger partial charge in [0.15, 0.2) is 5.79 Å². The lowest BCUT2D eigenvalue weighted by atomic mass is 9.90. The molecule has 2 aromatic carbocycles. The molecular formula is C45H57N3O10. The molecule has 5 atom stereocenters. The highest BCUT2D eigenvalue weighted by Gasteiger charge is 2.64. The number of rotatable bonds is 16. The van der Waals surface area contributed by atoms with E-state index in [-0.39, 0.29) is 49.0 Å². The van der Waals surface area contributed by atoms with Crippen molar-refractivity contribution in [3.05, 3.63) is 89.0 Å². The summed E-state index contributed by atoms with van der Waals surface area (Å²) >= 11 is 0. The summed E-state index contributed by atoms with van der Waals surface area (Å²) in [6.45, 7) is 4.89. The highest BCUT2D eigenvalue weighted by molar-refractivity contribution is 5.98. The largest absolute Gasteiger partial charge is 0.460 e. The molecule has 3 amide bonds. The van der Waals surface area contributed by atoms with Crippen molar-refractivity contribution in [2.24, 2.45) is 11.8 Å². The first-order valence-electron chi connectivity index (χ1n) is 20.3. The molecule has 0 radical (unpaired) electrons. The predicted octanol–water partition coefficient (Wildman–Crippen LogP) is 4.61. The molecule has 13 nitrogen and oxygen atoms in total. The van der Waals surface area contributed by atoms with Crippen molar-refractivity contribution in [3.63, 3.8) is 0 Å². The molecule has 2 saturated carbocycles. The Morgan fingerprint density at radius 1 is 0.966 bits per heavy atom. The van der Waals surface area contributed by atoms with Gasteiger partial charge in [0.1, 0.15) is 30.0 Å². The van der Waals surface area contributed by atoms with Crippen LogP contribution >= 0.6 is 0 Å². The average molecular weight is 800 g/mol. The number of hydrogen-bond donors (Lipinski definition) is 2. The van der Waals surface area contributed by atoms with Crippen LogP contribution in [0.15, 0.2) is 72.3 Å². The second kappa shape index (κ2) is 18.0. The quantitative estimate of drug-likeness (QED) is 0.181. The Morgan fingerprint density at radius 3 is 2.28 bits per heavy atom. The van der Waals surface area contributed by atoms with Gasteiger partial charge < -0.3 is 39.2 Å². The van der Waals surface area contributed by atoms with Crippen molar-refractivity contribution < 1.29 is 48.0 Å². The van der Waals surface area contributed by atoms with Gasteiger partial charge in [-0.15, -0.1) is 0 Å². The van der Waals surface area contributed by atoms with Crippen molar-refractivity contribution >= 4 is 35.7 Å². The molecule has 4 aliphatic rings. The summed E-state index contributed by atoms with van der Waals surface area (Å²) in [7, 11) is 4.87. The van der Waals surface area contributed by atoms with Gasteiger partial charge in [0.25, 0.3) is 0 Å². The van der Waals surface area contributed by atoms with Gasteiger partial charge in [-0.2, -0.15) is 0 Å². The number of nitrogens with zero attached hydrogens (tertiary/aromatic N) is 2. The van der Waals surface area contributed by atoms with Crippen molar-refractivity contribution in [3.8, 4) is 0 Å². The van der Waals surface area contributed by atoms with Gasteiger partial charge in [-0.25, -0.2) is 4.79 Å². The van der Waals surface area contributed by atoms with Gasteiger partial charge in [-0.1, -0.05) is 42.5 Å². The Hall–Kier alpha value is -4.85. The van der Waals surface area contributed by atoms with Crippen LogP contribution in [0.2, 0.25) is 0 Å². The van der Waals surface area contributed by atoms with E-state index in [4.69, 9.17) is 18.9 Å². The smallest absolute Gasteiger partial charge is 0.338 e. The standard InChI is InChI=1S/C45H57N3O10/c1-44(2,3)57-39(51)22-20-34(27-49)46-41(52)35(24-28-11-8-7-9-12-28)48(6)42(53)31-25-36(40-37(26-31)56-45(58-40,32-16-17-32)33-18-19-33)55-43(54)30-14-10-13-29(23-30)15-21-38(50)47(4)5/h7-15,21,23,26,32-37,40,49H,16-20,22,24-25,27H2,1-6H3,(H,46,52)/t34-,35+,36+,37+,40-/m0/s1. The normalized spacial score (nSPS) is 22.3. The monoisotopic (exact) mass is 799 g/mol. The molecule has 0 spiro atoms. The van der Waals surface area contributed by atoms with E-state index < -0.39 is 72.1 Å². The van der Waals surface area contributed by atoms with E-state index in [0.717, 1.165) is 31.2 Å². The Kier molecular flexibility index (Phi) is 13.2. The Labute approximate surface area is 340 Å². The zero-order valence-electron chi connectivity index (χ0n) is 34.3. The fraction of sp³-hybridized carbons (Fsp3) is 0.533. The number of carbonyl (C=O) groups excluding carboxylic acids is 5. The van der Waals surface area contributed by atoms with Crippen LogP contribution in [-0.2, 0) is 44.5 Å². The Bertz CT molecular complexity index is 1880. The van der Waals surface area contributed by atoms with E-state index in [9.17, 15) is 29.1 Å². The van der Waals surface area contributed by atoms with E-state index in [2.05, 4.69) is 5.32 Å². The summed E-state index contributed by atoms with van der Waals surface area (Å²) in [5.74, 6) is -2.56. The topological polar surface area (TPSA) is 161 Å². The minimum absolute atomic E-state index is 0.0150. The Balaban J connectivity index is 1.23. The summed E-state index contributed by atoms with van der Waals surface area (Å²) in [6, 6.07) is 14.3. The van der Waals surface area contributed by atoms with Crippen LogP contribution in [0.25, 0.3) is 6.08 Å². The lowest BCUT2D eigenvalue weighted by Gasteiger charge is -2.34. The summed E-state index contributed by atoms with van der Waals surface area (Å²) in [6.07, 6.45) is 6.84. The van der Waals surface area contributed by atoms with Crippen LogP contribution in [0, 0.1) is 11.8 Å². The molecule has 3 fully saturated rings. The molecule has 58 heavy (non-hydrogen) atoms. The number of esters is 2. The maximum absolute atomic E-state index is 14.6. The number of aliphatic hydroxyl groups excluding tert-OH is 1. The molecule has 1 heterocycles. The fourth-order valence-electron chi connectivity index (χ4n) is 7.65. The van der Waals surface area contributed by atoms with Crippen molar-refractivity contribution in [2.75, 3.05) is 27.7 Å². The number of nitrogens with one attached hydrogen (secondary N) is 1. The third-order valence-electron chi connectivity index (χ3n) is 11.0. The number of fused-ring (bicyclic) bond motifs is 1. The zero-order chi connectivity index (χ0) is 41.8. The molecule has 2 N–H and O–H groups in total. The predicted molar refractivity (Wildman–Crippen MR) is 215 cm³/mol. The number of likely N-dealkylation sites (N-methyl/N-ethyl adjacent to an activating group) is 2. The number of hydrogen-bond acceptors (Lipinski definition) is 10. The first-order valence-corrected chi connectivity index (χ1v) is 20.3. The zero-order valence-corrected chi connectivity index (χ0v) is 34.3. The van der Waals surface area contributed by atoms with Gasteiger partial charge in [0, 0.05) is 63.9 Å². The second-order valence-corrected chi connectivity index (χ2v) is 17.1. The third kappa shape index (κ3) is 10.6. The molecule has 312 valence electrons. The number of amides is 3. The molecule has 1 aliphatic heterocycles. The number of carbonyl (C=O) groups is 5. The van der Waals surface area contributed by atoms with E-state index >= 15 is 0 Å². The van der Waals surface area contributed by atoms with Gasteiger partial charge in [0.05, 0.1) is 18.2 Å². The minimum Gasteiger partial charge on any atom is -0.460 e. The summed E-state index contributed by atoms with van der Waals surface area (Å²) in [4.78, 5) is 69.9. The maximum atomic E-state index is 14.6. The SMILES string of the molecule is CN(C)C(=O)C=Cc1cccc(C(=O)O[C@@H]2CC(C(=O)N(C)[C@H](Cc3ccccc3)C(=O)N[C@H](CO)CCC(=O)OC(C)(C)C)=C[C@H]3OC(C4CC4)(C4CC4)O[C@H]32)c1. The minimum atomic E-state index is -1.00. The van der Waals surface area contributed by atoms with Crippen LogP contribution in [0.1, 0.15) is 87.2 Å². The first-order chi connectivity index (χ1) is 27.6. The van der Waals surface area contributed by atoms with Gasteiger partial charge in [-0.3, -0.25) is 19.2 Å². The van der Waals surface area contributed by atoms with E-state index in [1.54, 1.807) is 78.3 Å².